The minimum atomic E-state index is -0.959. The maximum atomic E-state index is 13.9. The summed E-state index contributed by atoms with van der Waals surface area (Å²) in [5.74, 6) is -2.56. The van der Waals surface area contributed by atoms with Crippen molar-refractivity contribution in [2.24, 2.45) is 0 Å². The molecule has 28 heavy (non-hydrogen) atoms. The van der Waals surface area contributed by atoms with Gasteiger partial charge in [0.25, 0.3) is 0 Å². The molecule has 3 rings (SSSR count). The van der Waals surface area contributed by atoms with E-state index >= 15 is 0 Å². The number of rotatable bonds is 6. The number of hydrogen-bond donors (Lipinski definition) is 0. The molecule has 2 fully saturated rings. The molecule has 5 amide bonds. The molecular formula is C19H23FN4O4. The average Bonchev–Trinajstić information content (AvgIpc) is 2.90. The lowest BCUT2D eigenvalue weighted by molar-refractivity contribution is -0.145. The average molecular weight is 390 g/mol. The van der Waals surface area contributed by atoms with Gasteiger partial charge in [0.2, 0.25) is 5.91 Å². The molecule has 0 aliphatic carbocycles. The van der Waals surface area contributed by atoms with Crippen molar-refractivity contribution in [1.29, 1.82) is 0 Å². The smallest absolute Gasteiger partial charge is 0.334 e. The summed E-state index contributed by atoms with van der Waals surface area (Å²) in [6.45, 7) is 3.20. The second-order valence-corrected chi connectivity index (χ2v) is 6.80. The van der Waals surface area contributed by atoms with Crippen LogP contribution in [-0.4, -0.2) is 77.7 Å². The number of amides is 5. The number of para-hydroxylation sites is 1. The van der Waals surface area contributed by atoms with Gasteiger partial charge in [-0.25, -0.2) is 14.1 Å². The van der Waals surface area contributed by atoms with Crippen LogP contribution in [-0.2, 0) is 14.4 Å². The van der Waals surface area contributed by atoms with Crippen LogP contribution in [0.5, 0.6) is 0 Å². The van der Waals surface area contributed by atoms with Gasteiger partial charge in [0.15, 0.2) is 0 Å². The Morgan fingerprint density at radius 2 is 1.64 bits per heavy atom. The number of nitrogens with zero attached hydrogens (tertiary/aromatic N) is 4. The molecule has 9 heteroatoms. The minimum absolute atomic E-state index is 0.173. The highest BCUT2D eigenvalue weighted by Gasteiger charge is 2.45. The Bertz CT molecular complexity index is 792. The Kier molecular flexibility index (Phi) is 5.91. The summed E-state index contributed by atoms with van der Waals surface area (Å²) < 4.78 is 13.9. The molecule has 1 aromatic carbocycles. The fourth-order valence-corrected chi connectivity index (χ4v) is 3.34. The summed E-state index contributed by atoms with van der Waals surface area (Å²) in [5, 5.41) is 0. The van der Waals surface area contributed by atoms with Crippen molar-refractivity contribution in [2.45, 2.75) is 19.8 Å². The van der Waals surface area contributed by atoms with E-state index in [0.717, 1.165) is 11.3 Å². The third kappa shape index (κ3) is 3.83. The first-order valence-electron chi connectivity index (χ1n) is 9.38. The van der Waals surface area contributed by atoms with Crippen LogP contribution >= 0.6 is 0 Å². The molecule has 2 aliphatic rings. The second kappa shape index (κ2) is 8.37. The largest absolute Gasteiger partial charge is 0.366 e. The first-order chi connectivity index (χ1) is 13.4. The first-order valence-corrected chi connectivity index (χ1v) is 9.38. The van der Waals surface area contributed by atoms with Crippen LogP contribution in [0.25, 0.3) is 0 Å². The number of carbonyl (C=O) groups is 4. The Morgan fingerprint density at radius 1 is 1.00 bits per heavy atom. The first kappa shape index (κ1) is 19.8. The number of benzene rings is 1. The maximum Gasteiger partial charge on any atom is 0.334 e. The summed E-state index contributed by atoms with van der Waals surface area (Å²) in [6, 6.07) is 5.71. The van der Waals surface area contributed by atoms with Gasteiger partial charge in [-0.2, -0.15) is 0 Å². The molecule has 0 bridgehead atoms. The lowest BCUT2D eigenvalue weighted by Gasteiger charge is -2.36. The Morgan fingerprint density at radius 3 is 2.29 bits per heavy atom. The second-order valence-electron chi connectivity index (χ2n) is 6.80. The van der Waals surface area contributed by atoms with Crippen molar-refractivity contribution >= 4 is 29.4 Å². The van der Waals surface area contributed by atoms with E-state index in [4.69, 9.17) is 0 Å². The van der Waals surface area contributed by atoms with E-state index in [-0.39, 0.29) is 12.4 Å². The molecule has 0 aromatic heterocycles. The van der Waals surface area contributed by atoms with Gasteiger partial charge in [0, 0.05) is 32.7 Å². The van der Waals surface area contributed by atoms with E-state index < -0.39 is 30.3 Å². The fraction of sp³-hybridized carbons (Fsp3) is 0.474. The van der Waals surface area contributed by atoms with E-state index in [9.17, 15) is 23.6 Å². The van der Waals surface area contributed by atoms with Gasteiger partial charge in [-0.15, -0.1) is 0 Å². The zero-order chi connectivity index (χ0) is 20.3. The van der Waals surface area contributed by atoms with Crippen molar-refractivity contribution in [2.75, 3.05) is 44.2 Å². The molecule has 2 saturated heterocycles. The van der Waals surface area contributed by atoms with Crippen molar-refractivity contribution in [3.05, 3.63) is 30.1 Å². The highest BCUT2D eigenvalue weighted by atomic mass is 19.1. The normalized spacial score (nSPS) is 17.7. The van der Waals surface area contributed by atoms with Crippen LogP contribution in [0.2, 0.25) is 0 Å². The Labute approximate surface area is 162 Å². The zero-order valence-electron chi connectivity index (χ0n) is 15.8. The predicted molar refractivity (Wildman–Crippen MR) is 98.9 cm³/mol. The van der Waals surface area contributed by atoms with Gasteiger partial charge in [-0.05, 0) is 18.6 Å². The third-order valence-corrected chi connectivity index (χ3v) is 4.99. The van der Waals surface area contributed by atoms with Gasteiger partial charge >= 0.3 is 17.8 Å². The predicted octanol–water partition coefficient (Wildman–Crippen LogP) is 1.07. The number of halogens is 1. The Hall–Kier alpha value is -2.97. The summed E-state index contributed by atoms with van der Waals surface area (Å²) in [5.41, 5.74) is 0.483. The van der Waals surface area contributed by atoms with Gasteiger partial charge < -0.3 is 9.80 Å². The fourth-order valence-electron chi connectivity index (χ4n) is 3.34. The number of anilines is 1. The molecule has 0 unspecified atom stereocenters. The van der Waals surface area contributed by atoms with E-state index in [1.165, 1.54) is 11.0 Å². The SMILES string of the molecule is CCCCN1C(=O)C(=O)N(CC(=O)N2CCN(c3ccccc3F)CC2)C1=O. The molecular weight excluding hydrogens is 367 g/mol. The van der Waals surface area contributed by atoms with Crippen LogP contribution in [0.4, 0.5) is 14.9 Å². The van der Waals surface area contributed by atoms with Crippen LogP contribution in [0.15, 0.2) is 24.3 Å². The maximum absolute atomic E-state index is 13.9. The molecule has 0 saturated carbocycles. The molecule has 8 nitrogen and oxygen atoms in total. The van der Waals surface area contributed by atoms with Gasteiger partial charge in [0.05, 0.1) is 5.69 Å². The van der Waals surface area contributed by atoms with E-state index in [1.807, 2.05) is 11.8 Å². The summed E-state index contributed by atoms with van der Waals surface area (Å²) in [6.07, 6.45) is 1.38. The zero-order valence-corrected chi connectivity index (χ0v) is 15.8. The molecule has 150 valence electrons. The van der Waals surface area contributed by atoms with Crippen molar-refractivity contribution in [1.82, 2.24) is 14.7 Å². The lowest BCUT2D eigenvalue weighted by Crippen LogP contribution is -2.52. The van der Waals surface area contributed by atoms with E-state index in [1.54, 1.807) is 18.2 Å². The van der Waals surface area contributed by atoms with Crippen molar-refractivity contribution in [3.63, 3.8) is 0 Å². The summed E-state index contributed by atoms with van der Waals surface area (Å²) in [7, 11) is 0. The Balaban J connectivity index is 1.57. The highest BCUT2D eigenvalue weighted by molar-refractivity contribution is 6.45. The topological polar surface area (TPSA) is 81.2 Å². The highest BCUT2D eigenvalue weighted by Crippen LogP contribution is 2.20. The minimum Gasteiger partial charge on any atom is -0.366 e. The number of carbonyl (C=O) groups excluding carboxylic acids is 4. The van der Waals surface area contributed by atoms with Crippen molar-refractivity contribution in [3.8, 4) is 0 Å². The van der Waals surface area contributed by atoms with Crippen LogP contribution in [0.3, 0.4) is 0 Å². The lowest BCUT2D eigenvalue weighted by atomic mass is 10.2. The summed E-state index contributed by atoms with van der Waals surface area (Å²) in [4.78, 5) is 53.9. The van der Waals surface area contributed by atoms with Crippen LogP contribution < -0.4 is 4.90 Å². The number of unbranched alkanes of at least 4 members (excludes halogenated alkanes) is 1. The molecule has 1 aromatic rings. The number of imide groups is 2. The number of hydrogen-bond acceptors (Lipinski definition) is 5. The molecule has 0 atom stereocenters. The monoisotopic (exact) mass is 390 g/mol. The van der Waals surface area contributed by atoms with Gasteiger partial charge in [-0.3, -0.25) is 19.3 Å². The van der Waals surface area contributed by atoms with Crippen LogP contribution in [0.1, 0.15) is 19.8 Å². The quantitative estimate of drug-likeness (QED) is 0.536. The molecule has 0 N–H and O–H groups in total. The standard InChI is InChI=1S/C19H23FN4O4/c1-2-3-8-23-17(26)18(27)24(19(23)28)13-16(25)22-11-9-21(10-12-22)15-7-5-4-6-14(15)20/h4-7H,2-3,8-13H2,1H3. The van der Waals surface area contributed by atoms with Gasteiger partial charge in [0.1, 0.15) is 12.4 Å². The third-order valence-electron chi connectivity index (χ3n) is 4.99. The molecule has 2 heterocycles. The van der Waals surface area contributed by atoms with E-state index in [0.29, 0.717) is 43.2 Å². The molecule has 2 aliphatic heterocycles. The number of piperazine rings is 1. The van der Waals surface area contributed by atoms with Crippen LogP contribution in [0, 0.1) is 5.82 Å². The molecule has 0 spiro atoms. The van der Waals surface area contributed by atoms with E-state index in [2.05, 4.69) is 0 Å². The van der Waals surface area contributed by atoms with Gasteiger partial charge in [-0.1, -0.05) is 25.5 Å². The number of urea groups is 1. The van der Waals surface area contributed by atoms with Crippen molar-refractivity contribution < 1.29 is 23.6 Å². The summed E-state index contributed by atoms with van der Waals surface area (Å²) >= 11 is 0. The molecule has 0 radical (unpaired) electrons.